The van der Waals surface area contributed by atoms with E-state index in [1.807, 2.05) is 58.9 Å². The molecule has 8 heteroatoms. The zero-order chi connectivity index (χ0) is 20.1. The van der Waals surface area contributed by atoms with Gasteiger partial charge < -0.3 is 34.3 Å². The molecular formula is C20H28N2O6. The number of nitrogens with one attached hydrogen (secondary N) is 2. The lowest BCUT2D eigenvalue weighted by molar-refractivity contribution is -0.223. The molecule has 0 radical (unpaired) electrons. The summed E-state index contributed by atoms with van der Waals surface area (Å²) in [5.74, 6) is -1.47. The SMILES string of the molecule is Cc1ccc(NC(=O)N[C@H]2[C@H]3OC(C)(C)O[C@H]3O[C@@H]2[C@H]2COC(C)(C)O2)cc1. The summed E-state index contributed by atoms with van der Waals surface area (Å²) in [5.41, 5.74) is 1.83. The Labute approximate surface area is 164 Å². The van der Waals surface area contributed by atoms with Crippen molar-refractivity contribution in [2.45, 2.75) is 76.8 Å². The third kappa shape index (κ3) is 4.01. The molecule has 2 N–H and O–H groups in total. The summed E-state index contributed by atoms with van der Waals surface area (Å²) in [6.07, 6.45) is -1.79. The van der Waals surface area contributed by atoms with E-state index in [1.54, 1.807) is 0 Å². The maximum absolute atomic E-state index is 12.6. The minimum Gasteiger partial charge on any atom is -0.348 e. The van der Waals surface area contributed by atoms with Gasteiger partial charge in [-0.1, -0.05) is 17.7 Å². The van der Waals surface area contributed by atoms with Crippen molar-refractivity contribution >= 4 is 11.7 Å². The predicted octanol–water partition coefficient (Wildman–Crippen LogP) is 2.51. The fourth-order valence-corrected chi connectivity index (χ4v) is 3.85. The Morgan fingerprint density at radius 3 is 2.36 bits per heavy atom. The monoisotopic (exact) mass is 392 g/mol. The first-order chi connectivity index (χ1) is 13.1. The number of fused-ring (bicyclic) bond motifs is 1. The molecule has 0 aliphatic carbocycles. The lowest BCUT2D eigenvalue weighted by Gasteiger charge is -2.29. The number of hydrogen-bond donors (Lipinski definition) is 2. The number of amides is 2. The number of ether oxygens (including phenoxy) is 5. The van der Waals surface area contributed by atoms with E-state index < -0.39 is 36.1 Å². The van der Waals surface area contributed by atoms with Gasteiger partial charge in [0, 0.05) is 5.69 Å². The van der Waals surface area contributed by atoms with Gasteiger partial charge in [0.1, 0.15) is 18.3 Å². The summed E-state index contributed by atoms with van der Waals surface area (Å²) in [4.78, 5) is 12.6. The molecule has 3 aliphatic rings. The van der Waals surface area contributed by atoms with Crippen LogP contribution in [0.25, 0.3) is 0 Å². The minimum atomic E-state index is -0.778. The van der Waals surface area contributed by atoms with Crippen LogP contribution in [0.4, 0.5) is 10.5 Å². The third-order valence-corrected chi connectivity index (χ3v) is 5.09. The average Bonchev–Trinajstić information content (AvgIpc) is 3.20. The molecule has 8 nitrogen and oxygen atoms in total. The second-order valence-corrected chi connectivity index (χ2v) is 8.43. The number of urea groups is 1. The molecule has 5 atom stereocenters. The lowest BCUT2D eigenvalue weighted by Crippen LogP contribution is -2.53. The normalized spacial score (nSPS) is 35.5. The molecule has 1 aromatic rings. The summed E-state index contributed by atoms with van der Waals surface area (Å²) >= 11 is 0. The lowest BCUT2D eigenvalue weighted by atomic mass is 10.0. The number of carbonyl (C=O) groups is 1. The first-order valence-electron chi connectivity index (χ1n) is 9.59. The molecule has 3 saturated heterocycles. The zero-order valence-electron chi connectivity index (χ0n) is 16.9. The van der Waals surface area contributed by atoms with Crippen molar-refractivity contribution in [1.29, 1.82) is 0 Å². The van der Waals surface area contributed by atoms with Crippen LogP contribution in [-0.2, 0) is 23.7 Å². The van der Waals surface area contributed by atoms with Crippen LogP contribution in [0.5, 0.6) is 0 Å². The van der Waals surface area contributed by atoms with E-state index in [0.717, 1.165) is 5.56 Å². The zero-order valence-corrected chi connectivity index (χ0v) is 16.9. The maximum Gasteiger partial charge on any atom is 0.319 e. The van der Waals surface area contributed by atoms with Crippen LogP contribution < -0.4 is 10.6 Å². The highest BCUT2D eigenvalue weighted by atomic mass is 16.8. The maximum atomic E-state index is 12.6. The van der Waals surface area contributed by atoms with Gasteiger partial charge in [0.05, 0.1) is 12.6 Å². The van der Waals surface area contributed by atoms with Crippen LogP contribution in [0.3, 0.4) is 0 Å². The average molecular weight is 392 g/mol. The second-order valence-electron chi connectivity index (χ2n) is 8.43. The summed E-state index contributed by atoms with van der Waals surface area (Å²) in [6.45, 7) is 9.72. The Bertz CT molecular complexity index is 735. The fourth-order valence-electron chi connectivity index (χ4n) is 3.85. The van der Waals surface area contributed by atoms with E-state index >= 15 is 0 Å². The molecule has 3 heterocycles. The predicted molar refractivity (Wildman–Crippen MR) is 101 cm³/mol. The summed E-state index contributed by atoms with van der Waals surface area (Å²) < 4.78 is 29.6. The van der Waals surface area contributed by atoms with Crippen molar-refractivity contribution in [3.63, 3.8) is 0 Å². The van der Waals surface area contributed by atoms with Gasteiger partial charge in [-0.2, -0.15) is 0 Å². The van der Waals surface area contributed by atoms with Crippen LogP contribution in [0, 0.1) is 6.92 Å². The molecule has 3 fully saturated rings. The number of carbonyl (C=O) groups excluding carboxylic acids is 1. The van der Waals surface area contributed by atoms with E-state index in [0.29, 0.717) is 12.3 Å². The quantitative estimate of drug-likeness (QED) is 0.822. The summed E-state index contributed by atoms with van der Waals surface area (Å²) in [7, 11) is 0. The number of anilines is 1. The molecule has 0 saturated carbocycles. The molecule has 2 amide bonds. The van der Waals surface area contributed by atoms with Gasteiger partial charge in [0.2, 0.25) is 0 Å². The van der Waals surface area contributed by atoms with Crippen molar-refractivity contribution in [3.8, 4) is 0 Å². The molecular weight excluding hydrogens is 364 g/mol. The molecule has 1 aromatic carbocycles. The Balaban J connectivity index is 1.48. The Morgan fingerprint density at radius 1 is 1.00 bits per heavy atom. The van der Waals surface area contributed by atoms with Gasteiger partial charge in [-0.15, -0.1) is 0 Å². The Kier molecular flexibility index (Phi) is 4.87. The van der Waals surface area contributed by atoms with Crippen LogP contribution in [0.15, 0.2) is 24.3 Å². The van der Waals surface area contributed by atoms with Crippen molar-refractivity contribution in [2.24, 2.45) is 0 Å². The highest BCUT2D eigenvalue weighted by molar-refractivity contribution is 5.89. The van der Waals surface area contributed by atoms with E-state index in [2.05, 4.69) is 10.6 Å². The van der Waals surface area contributed by atoms with E-state index in [4.69, 9.17) is 23.7 Å². The van der Waals surface area contributed by atoms with E-state index in [-0.39, 0.29) is 12.1 Å². The van der Waals surface area contributed by atoms with Crippen molar-refractivity contribution in [1.82, 2.24) is 5.32 Å². The Hall–Kier alpha value is -1.71. The molecule has 3 aliphatic heterocycles. The topological polar surface area (TPSA) is 87.3 Å². The first kappa shape index (κ1) is 19.6. The second kappa shape index (κ2) is 6.96. The summed E-state index contributed by atoms with van der Waals surface area (Å²) in [6, 6.07) is 6.81. The fraction of sp³-hybridized carbons (Fsp3) is 0.650. The summed E-state index contributed by atoms with van der Waals surface area (Å²) in [5, 5.41) is 5.84. The van der Waals surface area contributed by atoms with E-state index in [9.17, 15) is 4.79 Å². The molecule has 28 heavy (non-hydrogen) atoms. The van der Waals surface area contributed by atoms with Crippen molar-refractivity contribution < 1.29 is 28.5 Å². The van der Waals surface area contributed by atoms with Crippen LogP contribution in [0.1, 0.15) is 33.3 Å². The molecule has 0 aromatic heterocycles. The third-order valence-electron chi connectivity index (χ3n) is 5.09. The number of benzene rings is 1. The van der Waals surface area contributed by atoms with Crippen molar-refractivity contribution in [3.05, 3.63) is 29.8 Å². The molecule has 0 bridgehead atoms. The number of aryl methyl sites for hydroxylation is 1. The number of hydrogen-bond acceptors (Lipinski definition) is 6. The standard InChI is InChI=1S/C20H28N2O6/c1-11-6-8-12(9-7-11)21-18(23)22-14-15(13-10-24-19(2,3)26-13)25-17-16(14)27-20(4,5)28-17/h6-9,13-17H,10H2,1-5H3,(H2,21,22,23)/t13-,14-,15-,16-,17-/m1/s1. The molecule has 0 spiro atoms. The largest absolute Gasteiger partial charge is 0.348 e. The van der Waals surface area contributed by atoms with Gasteiger partial charge >= 0.3 is 6.03 Å². The molecule has 0 unspecified atom stereocenters. The van der Waals surface area contributed by atoms with Gasteiger partial charge in [0.25, 0.3) is 0 Å². The smallest absolute Gasteiger partial charge is 0.319 e. The van der Waals surface area contributed by atoms with Crippen molar-refractivity contribution in [2.75, 3.05) is 11.9 Å². The minimum absolute atomic E-state index is 0.333. The highest BCUT2D eigenvalue weighted by Crippen LogP contribution is 2.40. The van der Waals surface area contributed by atoms with Gasteiger partial charge in [0.15, 0.2) is 17.9 Å². The highest BCUT2D eigenvalue weighted by Gasteiger charge is 2.58. The number of rotatable bonds is 3. The van der Waals surface area contributed by atoms with Gasteiger partial charge in [-0.3, -0.25) is 0 Å². The Morgan fingerprint density at radius 2 is 1.71 bits per heavy atom. The van der Waals surface area contributed by atoms with Crippen LogP contribution >= 0.6 is 0 Å². The first-order valence-corrected chi connectivity index (χ1v) is 9.59. The van der Waals surface area contributed by atoms with Crippen LogP contribution in [-0.4, -0.2) is 54.9 Å². The van der Waals surface area contributed by atoms with E-state index in [1.165, 1.54) is 0 Å². The van der Waals surface area contributed by atoms with Crippen LogP contribution in [0.2, 0.25) is 0 Å². The molecule has 4 rings (SSSR count). The molecule has 154 valence electrons. The van der Waals surface area contributed by atoms with Gasteiger partial charge in [-0.25, -0.2) is 4.79 Å². The van der Waals surface area contributed by atoms with Gasteiger partial charge in [-0.05, 0) is 46.8 Å².